The van der Waals surface area contributed by atoms with Gasteiger partial charge in [0.2, 0.25) is 11.8 Å². The first-order valence-corrected chi connectivity index (χ1v) is 11.6. The maximum Gasteiger partial charge on any atom is 0.237 e. The molecule has 0 spiro atoms. The highest BCUT2D eigenvalue weighted by molar-refractivity contribution is 5.82. The lowest BCUT2D eigenvalue weighted by Gasteiger charge is -2.31. The molecular weight excluding hydrogens is 362 g/mol. The molecule has 5 nitrogen and oxygen atoms in total. The number of hydrogen-bond donors (Lipinski definition) is 3. The molecule has 29 heavy (non-hydrogen) atoms. The first-order chi connectivity index (χ1) is 14.2. The van der Waals surface area contributed by atoms with E-state index in [1.807, 2.05) is 12.1 Å². The maximum absolute atomic E-state index is 12.6. The Hall–Kier alpha value is -1.88. The summed E-state index contributed by atoms with van der Waals surface area (Å²) in [6.45, 7) is 1.49. The molecule has 1 aromatic rings. The van der Waals surface area contributed by atoms with Gasteiger partial charge >= 0.3 is 0 Å². The number of fused-ring (bicyclic) bond motifs is 1. The third-order valence-corrected chi connectivity index (χ3v) is 7.13. The van der Waals surface area contributed by atoms with Gasteiger partial charge in [0.15, 0.2) is 0 Å². The Morgan fingerprint density at radius 3 is 2.38 bits per heavy atom. The monoisotopic (exact) mass is 397 g/mol. The summed E-state index contributed by atoms with van der Waals surface area (Å²) in [5.74, 6) is 1.04. The molecule has 2 aliphatic carbocycles. The number of carbonyl (C=O) groups excluding carboxylic acids is 2. The van der Waals surface area contributed by atoms with Gasteiger partial charge in [-0.15, -0.1) is 0 Å². The van der Waals surface area contributed by atoms with Crippen molar-refractivity contribution in [3.05, 3.63) is 35.4 Å². The van der Waals surface area contributed by atoms with Crippen LogP contribution in [0.2, 0.25) is 0 Å². The van der Waals surface area contributed by atoms with E-state index in [0.29, 0.717) is 12.0 Å². The molecule has 0 aromatic heterocycles. The molecule has 0 bridgehead atoms. The molecule has 5 heteroatoms. The van der Waals surface area contributed by atoms with E-state index in [9.17, 15) is 9.59 Å². The zero-order chi connectivity index (χ0) is 20.1. The highest BCUT2D eigenvalue weighted by Crippen LogP contribution is 2.29. The van der Waals surface area contributed by atoms with E-state index in [1.54, 1.807) is 0 Å². The van der Waals surface area contributed by atoms with Crippen molar-refractivity contribution in [1.82, 2.24) is 16.0 Å². The summed E-state index contributed by atoms with van der Waals surface area (Å²) in [7, 11) is 0. The zero-order valence-electron chi connectivity index (χ0n) is 17.4. The average molecular weight is 398 g/mol. The number of carbonyl (C=O) groups is 2. The predicted octanol–water partition coefficient (Wildman–Crippen LogP) is 3.07. The van der Waals surface area contributed by atoms with Crippen LogP contribution in [0.4, 0.5) is 0 Å². The molecule has 3 N–H and O–H groups in total. The normalized spacial score (nSPS) is 27.7. The summed E-state index contributed by atoms with van der Waals surface area (Å²) in [6, 6.07) is 8.60. The van der Waals surface area contributed by atoms with Crippen LogP contribution in [-0.4, -0.2) is 30.4 Å². The standard InChI is InChI=1S/C24H35N3O2/c28-23(27-21-8-2-1-3-9-21)18-12-10-17(11-13-18)15-26-24(29)22-14-19-6-4-5-7-20(19)16-25-22/h4-7,17-18,21-22,25H,1-3,8-16H2,(H,26,29)(H,27,28)/t17?,18?,22-/m1/s1. The molecule has 0 saturated heterocycles. The Morgan fingerprint density at radius 1 is 0.897 bits per heavy atom. The fourth-order valence-electron chi connectivity index (χ4n) is 5.20. The van der Waals surface area contributed by atoms with E-state index in [0.717, 1.165) is 58.0 Å². The molecule has 1 heterocycles. The number of nitrogens with one attached hydrogen (secondary N) is 3. The van der Waals surface area contributed by atoms with Crippen molar-refractivity contribution in [3.63, 3.8) is 0 Å². The van der Waals surface area contributed by atoms with Crippen molar-refractivity contribution < 1.29 is 9.59 Å². The summed E-state index contributed by atoms with van der Waals surface area (Å²) in [4.78, 5) is 25.2. The van der Waals surface area contributed by atoms with Gasteiger partial charge in [-0.05, 0) is 62.0 Å². The lowest BCUT2D eigenvalue weighted by molar-refractivity contribution is -0.127. The van der Waals surface area contributed by atoms with Gasteiger partial charge < -0.3 is 16.0 Å². The van der Waals surface area contributed by atoms with Crippen LogP contribution >= 0.6 is 0 Å². The zero-order valence-corrected chi connectivity index (χ0v) is 17.4. The molecule has 0 radical (unpaired) electrons. The van der Waals surface area contributed by atoms with Crippen LogP contribution < -0.4 is 16.0 Å². The van der Waals surface area contributed by atoms with Gasteiger partial charge in [-0.3, -0.25) is 9.59 Å². The minimum Gasteiger partial charge on any atom is -0.354 e. The minimum absolute atomic E-state index is 0.108. The third kappa shape index (κ3) is 5.39. The summed E-state index contributed by atoms with van der Waals surface area (Å²) in [6.07, 6.45) is 10.8. The summed E-state index contributed by atoms with van der Waals surface area (Å²) < 4.78 is 0. The largest absolute Gasteiger partial charge is 0.354 e. The number of benzene rings is 1. The van der Waals surface area contributed by atoms with Crippen LogP contribution in [0.15, 0.2) is 24.3 Å². The fourth-order valence-corrected chi connectivity index (χ4v) is 5.20. The van der Waals surface area contributed by atoms with Gasteiger partial charge in [-0.2, -0.15) is 0 Å². The maximum atomic E-state index is 12.6. The molecule has 1 aromatic carbocycles. The first-order valence-electron chi connectivity index (χ1n) is 11.6. The molecule has 1 aliphatic heterocycles. The lowest BCUT2D eigenvalue weighted by atomic mass is 9.81. The van der Waals surface area contributed by atoms with Crippen LogP contribution in [0.1, 0.15) is 68.9 Å². The number of amides is 2. The second kappa shape index (κ2) is 9.75. The molecular formula is C24H35N3O2. The van der Waals surface area contributed by atoms with Crippen LogP contribution in [0.25, 0.3) is 0 Å². The van der Waals surface area contributed by atoms with Crippen molar-refractivity contribution in [2.45, 2.75) is 82.8 Å². The van der Waals surface area contributed by atoms with Crippen LogP contribution in [0, 0.1) is 11.8 Å². The van der Waals surface area contributed by atoms with E-state index < -0.39 is 0 Å². The topological polar surface area (TPSA) is 70.2 Å². The van der Waals surface area contributed by atoms with Gasteiger partial charge in [0.1, 0.15) is 0 Å². The second-order valence-electron chi connectivity index (χ2n) is 9.21. The van der Waals surface area contributed by atoms with Crippen molar-refractivity contribution in [1.29, 1.82) is 0 Å². The summed E-state index contributed by atoms with van der Waals surface area (Å²) in [5.41, 5.74) is 2.57. The Balaban J connectivity index is 1.16. The Bertz CT molecular complexity index is 706. The van der Waals surface area contributed by atoms with Crippen LogP contribution in [0.3, 0.4) is 0 Å². The van der Waals surface area contributed by atoms with E-state index in [1.165, 1.54) is 30.4 Å². The molecule has 1 atom stereocenters. The molecule has 158 valence electrons. The molecule has 0 unspecified atom stereocenters. The van der Waals surface area contributed by atoms with Gasteiger partial charge in [-0.1, -0.05) is 43.5 Å². The Morgan fingerprint density at radius 2 is 1.62 bits per heavy atom. The number of rotatable bonds is 5. The number of hydrogen-bond acceptors (Lipinski definition) is 3. The van der Waals surface area contributed by atoms with E-state index >= 15 is 0 Å². The van der Waals surface area contributed by atoms with E-state index in [2.05, 4.69) is 28.1 Å². The summed E-state index contributed by atoms with van der Waals surface area (Å²) >= 11 is 0. The molecule has 2 saturated carbocycles. The predicted molar refractivity (Wildman–Crippen MR) is 114 cm³/mol. The lowest BCUT2D eigenvalue weighted by Crippen LogP contribution is -2.49. The van der Waals surface area contributed by atoms with Gasteiger partial charge in [0.25, 0.3) is 0 Å². The quantitative estimate of drug-likeness (QED) is 0.715. The smallest absolute Gasteiger partial charge is 0.237 e. The SMILES string of the molecule is O=C(NC1CCCCC1)C1CCC(CNC(=O)[C@H]2Cc3ccccc3CN2)CC1. The van der Waals surface area contributed by atoms with Crippen molar-refractivity contribution >= 4 is 11.8 Å². The minimum atomic E-state index is -0.137. The van der Waals surface area contributed by atoms with Gasteiger partial charge in [0, 0.05) is 25.0 Å². The molecule has 4 rings (SSSR count). The highest BCUT2D eigenvalue weighted by Gasteiger charge is 2.29. The Labute approximate surface area is 174 Å². The first kappa shape index (κ1) is 20.4. The van der Waals surface area contributed by atoms with Crippen molar-refractivity contribution in [2.24, 2.45) is 11.8 Å². The summed E-state index contributed by atoms with van der Waals surface area (Å²) in [5, 5.41) is 9.81. The van der Waals surface area contributed by atoms with Crippen molar-refractivity contribution in [3.8, 4) is 0 Å². The van der Waals surface area contributed by atoms with E-state index in [4.69, 9.17) is 0 Å². The van der Waals surface area contributed by atoms with Crippen LogP contribution in [0.5, 0.6) is 0 Å². The van der Waals surface area contributed by atoms with Gasteiger partial charge in [-0.25, -0.2) is 0 Å². The van der Waals surface area contributed by atoms with Crippen molar-refractivity contribution in [2.75, 3.05) is 6.54 Å². The Kier molecular flexibility index (Phi) is 6.86. The molecule has 2 fully saturated rings. The van der Waals surface area contributed by atoms with Gasteiger partial charge in [0.05, 0.1) is 6.04 Å². The molecule has 2 amide bonds. The van der Waals surface area contributed by atoms with E-state index in [-0.39, 0.29) is 23.8 Å². The van der Waals surface area contributed by atoms with Crippen LogP contribution in [-0.2, 0) is 22.6 Å². The molecule has 3 aliphatic rings. The third-order valence-electron chi connectivity index (χ3n) is 7.13. The average Bonchev–Trinajstić information content (AvgIpc) is 2.78. The highest BCUT2D eigenvalue weighted by atomic mass is 16.2. The fraction of sp³-hybridized carbons (Fsp3) is 0.667. The second-order valence-corrected chi connectivity index (χ2v) is 9.21.